The van der Waals surface area contributed by atoms with Crippen LogP contribution in [0.15, 0.2) is 18.2 Å². The molecule has 20 heavy (non-hydrogen) atoms. The number of hydrogen-bond acceptors (Lipinski definition) is 2. The molecule has 0 bridgehead atoms. The molecule has 1 aromatic carbocycles. The summed E-state index contributed by atoms with van der Waals surface area (Å²) in [4.78, 5) is 11.4. The molecule has 0 radical (unpaired) electrons. The van der Waals surface area contributed by atoms with E-state index in [4.69, 9.17) is 4.74 Å². The van der Waals surface area contributed by atoms with Gasteiger partial charge in [0, 0.05) is 0 Å². The quantitative estimate of drug-likeness (QED) is 0.915. The number of rotatable bonds is 3. The molecule has 2 atom stereocenters. The SMILES string of the molecule is COc1ccc(C2CC(C)(C)CCC2C(=O)O)cc1F. The number of aliphatic carboxylic acids is 1. The van der Waals surface area contributed by atoms with Crippen LogP contribution in [0.4, 0.5) is 4.39 Å². The van der Waals surface area contributed by atoms with E-state index < -0.39 is 17.7 Å². The molecule has 0 heterocycles. The third-order valence-electron chi connectivity index (χ3n) is 4.31. The van der Waals surface area contributed by atoms with Crippen LogP contribution in [0.1, 0.15) is 44.6 Å². The van der Waals surface area contributed by atoms with E-state index in [0.717, 1.165) is 18.4 Å². The first-order chi connectivity index (χ1) is 9.34. The molecule has 1 fully saturated rings. The third-order valence-corrected chi connectivity index (χ3v) is 4.31. The molecule has 0 amide bonds. The van der Waals surface area contributed by atoms with Gasteiger partial charge in [0.2, 0.25) is 0 Å². The number of carboxylic acid groups (broad SMARTS) is 1. The summed E-state index contributed by atoms with van der Waals surface area (Å²) in [6.45, 7) is 4.27. The topological polar surface area (TPSA) is 46.5 Å². The fraction of sp³-hybridized carbons (Fsp3) is 0.562. The number of methoxy groups -OCH3 is 1. The predicted molar refractivity (Wildman–Crippen MR) is 74.5 cm³/mol. The number of hydrogen-bond donors (Lipinski definition) is 1. The molecule has 0 aliphatic heterocycles. The van der Waals surface area contributed by atoms with Crippen molar-refractivity contribution in [3.63, 3.8) is 0 Å². The van der Waals surface area contributed by atoms with Crippen LogP contribution in [0, 0.1) is 17.2 Å². The van der Waals surface area contributed by atoms with E-state index in [-0.39, 0.29) is 17.1 Å². The molecule has 1 aromatic rings. The largest absolute Gasteiger partial charge is 0.494 e. The minimum Gasteiger partial charge on any atom is -0.494 e. The zero-order valence-electron chi connectivity index (χ0n) is 12.1. The molecule has 1 N–H and O–H groups in total. The van der Waals surface area contributed by atoms with Crippen molar-refractivity contribution in [2.75, 3.05) is 7.11 Å². The zero-order valence-corrected chi connectivity index (χ0v) is 12.1. The Labute approximate surface area is 118 Å². The van der Waals surface area contributed by atoms with Crippen LogP contribution in [0.5, 0.6) is 5.75 Å². The van der Waals surface area contributed by atoms with E-state index in [0.29, 0.717) is 6.42 Å². The molecule has 2 rings (SSSR count). The van der Waals surface area contributed by atoms with E-state index in [9.17, 15) is 14.3 Å². The van der Waals surface area contributed by atoms with Gasteiger partial charge in [-0.3, -0.25) is 4.79 Å². The summed E-state index contributed by atoms with van der Waals surface area (Å²) in [7, 11) is 1.42. The normalized spacial score (nSPS) is 25.2. The van der Waals surface area contributed by atoms with Crippen molar-refractivity contribution < 1.29 is 19.0 Å². The minimum atomic E-state index is -0.790. The molecule has 0 spiro atoms. The van der Waals surface area contributed by atoms with Crippen molar-refractivity contribution >= 4 is 5.97 Å². The average molecular weight is 280 g/mol. The molecular weight excluding hydrogens is 259 g/mol. The lowest BCUT2D eigenvalue weighted by molar-refractivity contribution is -0.144. The van der Waals surface area contributed by atoms with Crippen LogP contribution in [0.2, 0.25) is 0 Å². The fourth-order valence-corrected chi connectivity index (χ4v) is 3.15. The van der Waals surface area contributed by atoms with Gasteiger partial charge in [-0.15, -0.1) is 0 Å². The van der Waals surface area contributed by atoms with E-state index in [1.165, 1.54) is 13.2 Å². The van der Waals surface area contributed by atoms with Crippen molar-refractivity contribution in [2.24, 2.45) is 11.3 Å². The predicted octanol–water partition coefficient (Wildman–Crippen LogP) is 3.83. The summed E-state index contributed by atoms with van der Waals surface area (Å²) >= 11 is 0. The Morgan fingerprint density at radius 1 is 1.45 bits per heavy atom. The summed E-state index contributed by atoms with van der Waals surface area (Å²) in [5.41, 5.74) is 0.844. The molecule has 1 saturated carbocycles. The molecule has 3 nitrogen and oxygen atoms in total. The van der Waals surface area contributed by atoms with Crippen molar-refractivity contribution in [3.05, 3.63) is 29.6 Å². The van der Waals surface area contributed by atoms with Gasteiger partial charge in [0.1, 0.15) is 0 Å². The maximum Gasteiger partial charge on any atom is 0.307 e. The van der Waals surface area contributed by atoms with Gasteiger partial charge in [-0.05, 0) is 48.3 Å². The van der Waals surface area contributed by atoms with Crippen LogP contribution in [-0.2, 0) is 4.79 Å². The highest BCUT2D eigenvalue weighted by Crippen LogP contribution is 2.47. The lowest BCUT2D eigenvalue weighted by atomic mass is 9.65. The van der Waals surface area contributed by atoms with Gasteiger partial charge in [-0.1, -0.05) is 19.9 Å². The highest BCUT2D eigenvalue weighted by atomic mass is 19.1. The van der Waals surface area contributed by atoms with Crippen LogP contribution in [0.3, 0.4) is 0 Å². The smallest absolute Gasteiger partial charge is 0.307 e. The van der Waals surface area contributed by atoms with Crippen LogP contribution >= 0.6 is 0 Å². The molecule has 1 aliphatic rings. The monoisotopic (exact) mass is 280 g/mol. The standard InChI is InChI=1S/C16H21FO3/c1-16(2)7-6-11(15(18)19)12(9-16)10-4-5-14(20-3)13(17)8-10/h4-5,8,11-12H,6-7,9H2,1-3H3,(H,18,19). The Kier molecular flexibility index (Phi) is 4.02. The molecule has 2 unspecified atom stereocenters. The van der Waals surface area contributed by atoms with E-state index in [1.807, 2.05) is 0 Å². The van der Waals surface area contributed by atoms with Crippen LogP contribution < -0.4 is 4.74 Å². The van der Waals surface area contributed by atoms with Gasteiger partial charge in [0.05, 0.1) is 13.0 Å². The van der Waals surface area contributed by atoms with Crippen molar-refractivity contribution in [3.8, 4) is 5.75 Å². The molecule has 110 valence electrons. The number of carboxylic acids is 1. The summed E-state index contributed by atoms with van der Waals surface area (Å²) in [6, 6.07) is 4.77. The van der Waals surface area contributed by atoms with Crippen molar-refractivity contribution in [1.82, 2.24) is 0 Å². The fourth-order valence-electron chi connectivity index (χ4n) is 3.15. The number of benzene rings is 1. The Bertz CT molecular complexity index is 510. The molecule has 0 saturated heterocycles. The first kappa shape index (κ1) is 14.8. The highest BCUT2D eigenvalue weighted by Gasteiger charge is 2.39. The first-order valence-electron chi connectivity index (χ1n) is 6.90. The van der Waals surface area contributed by atoms with Gasteiger partial charge in [0.15, 0.2) is 11.6 Å². The Balaban J connectivity index is 2.35. The third kappa shape index (κ3) is 2.94. The van der Waals surface area contributed by atoms with Crippen LogP contribution in [-0.4, -0.2) is 18.2 Å². The van der Waals surface area contributed by atoms with E-state index in [2.05, 4.69) is 13.8 Å². The number of halogens is 1. The van der Waals surface area contributed by atoms with Gasteiger partial charge in [0.25, 0.3) is 0 Å². The van der Waals surface area contributed by atoms with E-state index >= 15 is 0 Å². The molecule has 0 aromatic heterocycles. The Morgan fingerprint density at radius 3 is 2.70 bits per heavy atom. The second-order valence-corrected chi connectivity index (χ2v) is 6.35. The van der Waals surface area contributed by atoms with E-state index in [1.54, 1.807) is 12.1 Å². The van der Waals surface area contributed by atoms with Gasteiger partial charge in [-0.2, -0.15) is 0 Å². The summed E-state index contributed by atoms with van der Waals surface area (Å²) < 4.78 is 18.8. The lowest BCUT2D eigenvalue weighted by Gasteiger charge is -2.39. The second kappa shape index (κ2) is 5.43. The summed E-state index contributed by atoms with van der Waals surface area (Å²) in [6.07, 6.45) is 2.29. The first-order valence-corrected chi connectivity index (χ1v) is 6.90. The lowest BCUT2D eigenvalue weighted by Crippen LogP contribution is -2.33. The summed E-state index contributed by atoms with van der Waals surface area (Å²) in [5, 5.41) is 9.39. The molecule has 1 aliphatic carbocycles. The Hall–Kier alpha value is -1.58. The van der Waals surface area contributed by atoms with Gasteiger partial charge < -0.3 is 9.84 Å². The average Bonchev–Trinajstić information content (AvgIpc) is 2.37. The molecule has 4 heteroatoms. The Morgan fingerprint density at radius 2 is 2.15 bits per heavy atom. The van der Waals surface area contributed by atoms with Crippen LogP contribution in [0.25, 0.3) is 0 Å². The van der Waals surface area contributed by atoms with Crippen molar-refractivity contribution in [1.29, 1.82) is 0 Å². The summed E-state index contributed by atoms with van der Waals surface area (Å²) in [5.74, 6) is -1.61. The second-order valence-electron chi connectivity index (χ2n) is 6.35. The highest BCUT2D eigenvalue weighted by molar-refractivity contribution is 5.71. The van der Waals surface area contributed by atoms with Crippen molar-refractivity contribution in [2.45, 2.75) is 39.0 Å². The maximum atomic E-state index is 13.9. The number of carbonyl (C=O) groups is 1. The zero-order chi connectivity index (χ0) is 14.9. The van der Waals surface area contributed by atoms with Gasteiger partial charge >= 0.3 is 5.97 Å². The van der Waals surface area contributed by atoms with Gasteiger partial charge in [-0.25, -0.2) is 4.39 Å². The molecular formula is C16H21FO3. The minimum absolute atomic E-state index is 0.0903. The number of ether oxygens (including phenoxy) is 1. The maximum absolute atomic E-state index is 13.9.